The standard InChI is InChI=1S/C9H19N2P/c1-10-8-6-4-5-7-9(8)11(2)12(10)3/h8-9H,4-7H2,1-3H3/t8-,9?,12?/m1/s1. The molecule has 0 aromatic carbocycles. The molecule has 0 aromatic heterocycles. The van der Waals surface area contributed by atoms with Crippen LogP contribution in [0.15, 0.2) is 0 Å². The summed E-state index contributed by atoms with van der Waals surface area (Å²) in [6.45, 7) is 2.38. The fourth-order valence-electron chi connectivity index (χ4n) is 2.62. The number of nitrogens with zero attached hydrogens (tertiary/aromatic N) is 2. The van der Waals surface area contributed by atoms with Crippen LogP contribution in [-0.4, -0.2) is 42.2 Å². The van der Waals surface area contributed by atoms with Gasteiger partial charge in [0.25, 0.3) is 0 Å². The van der Waals surface area contributed by atoms with Gasteiger partial charge < -0.3 is 0 Å². The third kappa shape index (κ3) is 1.21. The molecule has 0 N–H and O–H groups in total. The highest BCUT2D eigenvalue weighted by Crippen LogP contribution is 2.52. The van der Waals surface area contributed by atoms with Crippen molar-refractivity contribution in [3.05, 3.63) is 0 Å². The van der Waals surface area contributed by atoms with E-state index in [2.05, 4.69) is 30.1 Å². The van der Waals surface area contributed by atoms with Gasteiger partial charge in [0.15, 0.2) is 0 Å². The topological polar surface area (TPSA) is 6.48 Å². The largest absolute Gasteiger partial charge is 0.269 e. The van der Waals surface area contributed by atoms with Crippen molar-refractivity contribution in [1.29, 1.82) is 0 Å². The smallest absolute Gasteiger partial charge is 0.0362 e. The highest BCUT2D eigenvalue weighted by Gasteiger charge is 2.41. The molecule has 3 atom stereocenters. The Bertz CT molecular complexity index is 156. The average molecular weight is 186 g/mol. The Labute approximate surface area is 76.8 Å². The van der Waals surface area contributed by atoms with Gasteiger partial charge in [0.1, 0.15) is 0 Å². The molecule has 3 heteroatoms. The lowest BCUT2D eigenvalue weighted by Crippen LogP contribution is -2.37. The molecule has 0 amide bonds. The number of fused-ring (bicyclic) bond motifs is 1. The summed E-state index contributed by atoms with van der Waals surface area (Å²) in [6, 6.07) is 1.75. The van der Waals surface area contributed by atoms with Gasteiger partial charge in [-0.2, -0.15) is 0 Å². The first-order chi connectivity index (χ1) is 5.72. The molecule has 1 aliphatic carbocycles. The number of hydrogen-bond acceptors (Lipinski definition) is 2. The van der Waals surface area contributed by atoms with Gasteiger partial charge in [-0.15, -0.1) is 0 Å². The first kappa shape index (κ1) is 8.93. The van der Waals surface area contributed by atoms with Crippen molar-refractivity contribution in [3.8, 4) is 0 Å². The molecule has 1 saturated carbocycles. The summed E-state index contributed by atoms with van der Waals surface area (Å²) >= 11 is 0. The first-order valence-electron chi connectivity index (χ1n) is 4.91. The van der Waals surface area contributed by atoms with Gasteiger partial charge in [-0.25, -0.2) is 0 Å². The highest BCUT2D eigenvalue weighted by atomic mass is 31.1. The molecule has 2 rings (SSSR count). The number of hydrogen-bond donors (Lipinski definition) is 0. The summed E-state index contributed by atoms with van der Waals surface area (Å²) < 4.78 is 5.22. The van der Waals surface area contributed by atoms with E-state index in [1.165, 1.54) is 25.7 Å². The van der Waals surface area contributed by atoms with Gasteiger partial charge >= 0.3 is 0 Å². The van der Waals surface area contributed by atoms with Crippen molar-refractivity contribution in [1.82, 2.24) is 9.34 Å². The average Bonchev–Trinajstić information content (AvgIpc) is 2.33. The van der Waals surface area contributed by atoms with Crippen molar-refractivity contribution in [3.63, 3.8) is 0 Å². The first-order valence-corrected chi connectivity index (χ1v) is 6.60. The zero-order chi connectivity index (χ0) is 8.72. The minimum atomic E-state index is 0.0289. The third-order valence-corrected chi connectivity index (χ3v) is 5.99. The van der Waals surface area contributed by atoms with Crippen LogP contribution in [0, 0.1) is 0 Å². The van der Waals surface area contributed by atoms with Crippen LogP contribution >= 0.6 is 8.22 Å². The van der Waals surface area contributed by atoms with Crippen LogP contribution < -0.4 is 0 Å². The van der Waals surface area contributed by atoms with Crippen LogP contribution in [0.1, 0.15) is 25.7 Å². The molecule has 2 unspecified atom stereocenters. The lowest BCUT2D eigenvalue weighted by atomic mass is 9.91. The number of likely N-dealkylation sites (N-methyl/N-ethyl adjacent to an activating group) is 2. The summed E-state index contributed by atoms with van der Waals surface area (Å²) in [5.41, 5.74) is 0. The second kappa shape index (κ2) is 3.25. The van der Waals surface area contributed by atoms with Gasteiger partial charge in [0, 0.05) is 20.3 Å². The van der Waals surface area contributed by atoms with E-state index in [1.807, 2.05) is 0 Å². The molecule has 0 spiro atoms. The van der Waals surface area contributed by atoms with E-state index in [9.17, 15) is 0 Å². The maximum Gasteiger partial charge on any atom is 0.0362 e. The maximum absolute atomic E-state index is 2.61. The van der Waals surface area contributed by atoms with E-state index in [1.54, 1.807) is 0 Å². The molecular weight excluding hydrogens is 167 g/mol. The van der Waals surface area contributed by atoms with E-state index in [-0.39, 0.29) is 8.22 Å². The molecule has 0 radical (unpaired) electrons. The molecule has 0 aromatic rings. The molecular formula is C9H19N2P. The molecule has 12 heavy (non-hydrogen) atoms. The molecule has 2 aliphatic rings. The molecule has 2 nitrogen and oxygen atoms in total. The fraction of sp³-hybridized carbons (Fsp3) is 1.00. The summed E-state index contributed by atoms with van der Waals surface area (Å²) in [7, 11) is 4.64. The SMILES string of the molecule is CN1C2CCCC[C@H]2N(C)P1C. The second-order valence-corrected chi connectivity index (χ2v) is 6.30. The lowest BCUT2D eigenvalue weighted by Gasteiger charge is -2.29. The van der Waals surface area contributed by atoms with Crippen LogP contribution in [0.4, 0.5) is 0 Å². The summed E-state index contributed by atoms with van der Waals surface area (Å²) in [5, 5.41) is 0. The van der Waals surface area contributed by atoms with Gasteiger partial charge in [-0.05, 0) is 33.6 Å². The zero-order valence-electron chi connectivity index (χ0n) is 8.32. The molecule has 1 saturated heterocycles. The fourth-order valence-corrected chi connectivity index (χ4v) is 4.46. The third-order valence-electron chi connectivity index (χ3n) is 3.57. The van der Waals surface area contributed by atoms with Crippen molar-refractivity contribution in [2.24, 2.45) is 0 Å². The Balaban J connectivity index is 2.14. The van der Waals surface area contributed by atoms with Gasteiger partial charge in [0.05, 0.1) is 0 Å². The second-order valence-electron chi connectivity index (χ2n) is 4.06. The predicted octanol–water partition coefficient (Wildman–Crippen LogP) is 2.12. The minimum Gasteiger partial charge on any atom is -0.269 e. The summed E-state index contributed by atoms with van der Waals surface area (Å²) in [4.78, 5) is 0. The van der Waals surface area contributed by atoms with E-state index in [0.717, 1.165) is 12.1 Å². The van der Waals surface area contributed by atoms with Crippen molar-refractivity contribution in [2.45, 2.75) is 37.8 Å². The normalized spacial score (nSPS) is 44.8. The Morgan fingerprint density at radius 2 is 1.42 bits per heavy atom. The minimum absolute atomic E-state index is 0.0289. The van der Waals surface area contributed by atoms with Crippen LogP contribution in [-0.2, 0) is 0 Å². The number of rotatable bonds is 0. The van der Waals surface area contributed by atoms with Crippen LogP contribution in [0.25, 0.3) is 0 Å². The van der Waals surface area contributed by atoms with Gasteiger partial charge in [-0.1, -0.05) is 12.8 Å². The molecule has 2 fully saturated rings. The van der Waals surface area contributed by atoms with Crippen LogP contribution in [0.3, 0.4) is 0 Å². The molecule has 70 valence electrons. The molecule has 1 heterocycles. The van der Waals surface area contributed by atoms with Crippen molar-refractivity contribution in [2.75, 3.05) is 20.8 Å². The zero-order valence-corrected chi connectivity index (χ0v) is 9.22. The monoisotopic (exact) mass is 186 g/mol. The molecule has 0 bridgehead atoms. The predicted molar refractivity (Wildman–Crippen MR) is 54.4 cm³/mol. The van der Waals surface area contributed by atoms with E-state index >= 15 is 0 Å². The summed E-state index contributed by atoms with van der Waals surface area (Å²) in [5.74, 6) is 0. The van der Waals surface area contributed by atoms with Crippen LogP contribution in [0.2, 0.25) is 0 Å². The van der Waals surface area contributed by atoms with Crippen molar-refractivity contribution >= 4 is 8.22 Å². The van der Waals surface area contributed by atoms with Gasteiger partial charge in [-0.3, -0.25) is 9.34 Å². The Kier molecular flexibility index (Phi) is 2.42. The maximum atomic E-state index is 2.61. The summed E-state index contributed by atoms with van der Waals surface area (Å²) in [6.07, 6.45) is 5.75. The lowest BCUT2D eigenvalue weighted by molar-refractivity contribution is 0.233. The van der Waals surface area contributed by atoms with Gasteiger partial charge in [0.2, 0.25) is 0 Å². The van der Waals surface area contributed by atoms with E-state index < -0.39 is 0 Å². The Morgan fingerprint density at radius 3 is 1.83 bits per heavy atom. The van der Waals surface area contributed by atoms with Crippen LogP contribution in [0.5, 0.6) is 0 Å². The Hall–Kier alpha value is 0.350. The van der Waals surface area contributed by atoms with E-state index in [0.29, 0.717) is 0 Å². The molecule has 1 aliphatic heterocycles. The quantitative estimate of drug-likeness (QED) is 0.535. The Morgan fingerprint density at radius 1 is 1.00 bits per heavy atom. The van der Waals surface area contributed by atoms with Crippen molar-refractivity contribution < 1.29 is 0 Å². The van der Waals surface area contributed by atoms with E-state index in [4.69, 9.17) is 0 Å². The highest BCUT2D eigenvalue weighted by molar-refractivity contribution is 7.52.